The highest BCUT2D eigenvalue weighted by Gasteiger charge is 2.22. The molecule has 1 amide bonds. The second kappa shape index (κ2) is 10.3. The van der Waals surface area contributed by atoms with Gasteiger partial charge in [-0.25, -0.2) is 4.79 Å². The first-order valence-electron chi connectivity index (χ1n) is 9.91. The molecule has 0 fully saturated rings. The van der Waals surface area contributed by atoms with Crippen LogP contribution in [0.3, 0.4) is 0 Å². The molecule has 0 saturated heterocycles. The number of hydrogen-bond acceptors (Lipinski definition) is 6. The van der Waals surface area contributed by atoms with Crippen molar-refractivity contribution in [1.82, 2.24) is 5.32 Å². The summed E-state index contributed by atoms with van der Waals surface area (Å²) in [6.07, 6.45) is 0. The van der Waals surface area contributed by atoms with Crippen molar-refractivity contribution in [2.24, 2.45) is 0 Å². The van der Waals surface area contributed by atoms with Crippen LogP contribution in [0.2, 0.25) is 0 Å². The van der Waals surface area contributed by atoms with E-state index in [0.29, 0.717) is 27.3 Å². The third-order valence-electron chi connectivity index (χ3n) is 4.76. The smallest absolute Gasteiger partial charge is 0.341 e. The molecule has 0 aliphatic rings. The van der Waals surface area contributed by atoms with E-state index in [0.717, 1.165) is 10.4 Å². The third kappa shape index (κ3) is 5.27. The van der Waals surface area contributed by atoms with Gasteiger partial charge in [-0.2, -0.15) is 0 Å². The van der Waals surface area contributed by atoms with E-state index in [4.69, 9.17) is 17.0 Å². The highest BCUT2D eigenvalue weighted by atomic mass is 32.1. The Morgan fingerprint density at radius 3 is 2.16 bits per heavy atom. The number of benzene rings is 2. The lowest BCUT2D eigenvalue weighted by Gasteiger charge is -2.10. The Bertz CT molecular complexity index is 1170. The Hall–Kier alpha value is -3.36. The molecule has 2 aromatic carbocycles. The summed E-state index contributed by atoms with van der Waals surface area (Å²) in [5, 5.41) is 6.11. The molecule has 0 saturated carbocycles. The van der Waals surface area contributed by atoms with E-state index in [1.807, 2.05) is 19.9 Å². The molecular formula is C24H22N2O4S2. The molecule has 0 radical (unpaired) electrons. The van der Waals surface area contributed by atoms with Crippen LogP contribution in [-0.4, -0.2) is 29.4 Å². The fourth-order valence-electron chi connectivity index (χ4n) is 3.00. The largest absolute Gasteiger partial charge is 0.462 e. The van der Waals surface area contributed by atoms with Gasteiger partial charge in [0, 0.05) is 21.6 Å². The van der Waals surface area contributed by atoms with Crippen LogP contribution >= 0.6 is 23.6 Å². The minimum absolute atomic E-state index is 0.0613. The van der Waals surface area contributed by atoms with Gasteiger partial charge in [-0.15, -0.1) is 11.3 Å². The van der Waals surface area contributed by atoms with Crippen LogP contribution in [0.5, 0.6) is 0 Å². The first-order chi connectivity index (χ1) is 15.3. The summed E-state index contributed by atoms with van der Waals surface area (Å²) in [4.78, 5) is 38.3. The van der Waals surface area contributed by atoms with Crippen LogP contribution in [0.25, 0.3) is 0 Å². The van der Waals surface area contributed by atoms with Crippen LogP contribution in [0.15, 0.2) is 54.6 Å². The van der Waals surface area contributed by atoms with E-state index in [9.17, 15) is 14.4 Å². The zero-order valence-electron chi connectivity index (χ0n) is 17.9. The molecule has 32 heavy (non-hydrogen) atoms. The lowest BCUT2D eigenvalue weighted by molar-refractivity contribution is 0.0527. The summed E-state index contributed by atoms with van der Waals surface area (Å²) in [6.45, 7) is 5.73. The SMILES string of the molecule is CCOC(=O)c1c(NC(=S)NC(=O)c2ccc(C(=O)c3ccccc3)cc2)sc(C)c1C. The minimum atomic E-state index is -0.440. The number of ketones is 1. The van der Waals surface area contributed by atoms with Crippen molar-refractivity contribution in [1.29, 1.82) is 0 Å². The first-order valence-corrected chi connectivity index (χ1v) is 11.1. The van der Waals surface area contributed by atoms with Gasteiger partial charge < -0.3 is 10.1 Å². The molecule has 0 bridgehead atoms. The van der Waals surface area contributed by atoms with Crippen molar-refractivity contribution in [2.45, 2.75) is 20.8 Å². The number of rotatable bonds is 6. The fourth-order valence-corrected chi connectivity index (χ4v) is 4.32. The van der Waals surface area contributed by atoms with Crippen LogP contribution < -0.4 is 10.6 Å². The zero-order chi connectivity index (χ0) is 23.3. The van der Waals surface area contributed by atoms with E-state index in [1.165, 1.54) is 11.3 Å². The summed E-state index contributed by atoms with van der Waals surface area (Å²) in [7, 11) is 0. The quantitative estimate of drug-likeness (QED) is 0.305. The number of amides is 1. The number of aryl methyl sites for hydroxylation is 1. The van der Waals surface area contributed by atoms with Gasteiger partial charge in [0.15, 0.2) is 10.9 Å². The van der Waals surface area contributed by atoms with E-state index in [1.54, 1.807) is 55.5 Å². The Balaban J connectivity index is 1.68. The number of ether oxygens (including phenoxy) is 1. The summed E-state index contributed by atoms with van der Waals surface area (Å²) in [5.41, 5.74) is 2.63. The van der Waals surface area contributed by atoms with Crippen molar-refractivity contribution >= 4 is 51.3 Å². The lowest BCUT2D eigenvalue weighted by Crippen LogP contribution is -2.34. The van der Waals surface area contributed by atoms with E-state index < -0.39 is 11.9 Å². The monoisotopic (exact) mass is 466 g/mol. The Labute approximate surface area is 195 Å². The molecule has 0 spiro atoms. The standard InChI is InChI=1S/C24H22N2O4S2/c1-4-30-23(29)19-14(2)15(3)32-22(19)26-24(31)25-21(28)18-12-10-17(11-13-18)20(27)16-8-6-5-7-9-16/h5-13H,4H2,1-3H3,(H2,25,26,28,31). The molecule has 164 valence electrons. The summed E-state index contributed by atoms with van der Waals surface area (Å²) in [6, 6.07) is 15.3. The number of anilines is 1. The highest BCUT2D eigenvalue weighted by molar-refractivity contribution is 7.80. The number of carbonyl (C=O) groups excluding carboxylic acids is 3. The highest BCUT2D eigenvalue weighted by Crippen LogP contribution is 2.33. The summed E-state index contributed by atoms with van der Waals surface area (Å²) in [5.74, 6) is -0.988. The average molecular weight is 467 g/mol. The van der Waals surface area contributed by atoms with Crippen molar-refractivity contribution in [3.63, 3.8) is 0 Å². The Kier molecular flexibility index (Phi) is 7.50. The lowest BCUT2D eigenvalue weighted by atomic mass is 10.0. The molecule has 1 heterocycles. The number of thiophene rings is 1. The van der Waals surface area contributed by atoms with Crippen molar-refractivity contribution in [3.05, 3.63) is 87.3 Å². The van der Waals surface area contributed by atoms with Crippen molar-refractivity contribution in [2.75, 3.05) is 11.9 Å². The molecule has 0 aliphatic carbocycles. The predicted octanol–water partition coefficient (Wildman–Crippen LogP) is 4.90. The average Bonchev–Trinajstić information content (AvgIpc) is 3.06. The van der Waals surface area contributed by atoms with Crippen molar-refractivity contribution < 1.29 is 19.1 Å². The van der Waals surface area contributed by atoms with E-state index in [-0.39, 0.29) is 17.5 Å². The Morgan fingerprint density at radius 2 is 1.53 bits per heavy atom. The Morgan fingerprint density at radius 1 is 0.938 bits per heavy atom. The number of thiocarbonyl (C=S) groups is 1. The van der Waals surface area contributed by atoms with E-state index >= 15 is 0 Å². The molecule has 3 aromatic rings. The van der Waals surface area contributed by atoms with Gasteiger partial charge in [-0.05, 0) is 50.7 Å². The summed E-state index contributed by atoms with van der Waals surface area (Å²) >= 11 is 6.63. The van der Waals surface area contributed by atoms with Gasteiger partial charge in [0.05, 0.1) is 12.2 Å². The zero-order valence-corrected chi connectivity index (χ0v) is 19.5. The summed E-state index contributed by atoms with van der Waals surface area (Å²) < 4.78 is 5.13. The molecule has 0 aliphatic heterocycles. The number of carbonyl (C=O) groups is 3. The molecular weight excluding hydrogens is 444 g/mol. The normalized spacial score (nSPS) is 10.3. The fraction of sp³-hybridized carbons (Fsp3) is 0.167. The van der Waals surface area contributed by atoms with E-state index in [2.05, 4.69) is 10.6 Å². The van der Waals surface area contributed by atoms with Crippen molar-refractivity contribution in [3.8, 4) is 0 Å². The molecule has 2 N–H and O–H groups in total. The maximum absolute atomic E-state index is 12.6. The maximum atomic E-state index is 12.6. The van der Waals surface area contributed by atoms with Crippen LogP contribution in [0.1, 0.15) is 54.0 Å². The molecule has 0 unspecified atom stereocenters. The number of esters is 1. The topological polar surface area (TPSA) is 84.5 Å². The van der Waals surface area contributed by atoms with Crippen LogP contribution in [-0.2, 0) is 4.74 Å². The molecule has 1 aromatic heterocycles. The maximum Gasteiger partial charge on any atom is 0.341 e. The molecule has 8 heteroatoms. The van der Waals surface area contributed by atoms with Gasteiger partial charge in [0.1, 0.15) is 5.00 Å². The van der Waals surface area contributed by atoms with Gasteiger partial charge in [-0.1, -0.05) is 42.5 Å². The number of hydrogen-bond donors (Lipinski definition) is 2. The molecule has 3 rings (SSSR count). The van der Waals surface area contributed by atoms with Gasteiger partial charge >= 0.3 is 5.97 Å². The van der Waals surface area contributed by atoms with Crippen LogP contribution in [0, 0.1) is 13.8 Å². The van der Waals surface area contributed by atoms with Gasteiger partial charge in [0.2, 0.25) is 0 Å². The predicted molar refractivity (Wildman–Crippen MR) is 130 cm³/mol. The number of nitrogens with one attached hydrogen (secondary N) is 2. The second-order valence-corrected chi connectivity index (χ2v) is 8.52. The second-order valence-electron chi connectivity index (χ2n) is 6.89. The molecule has 6 nitrogen and oxygen atoms in total. The third-order valence-corrected chi connectivity index (χ3v) is 6.09. The van der Waals surface area contributed by atoms with Crippen LogP contribution in [0.4, 0.5) is 5.00 Å². The van der Waals surface area contributed by atoms with Gasteiger partial charge in [-0.3, -0.25) is 14.9 Å². The first kappa shape index (κ1) is 23.3. The minimum Gasteiger partial charge on any atom is -0.462 e. The van der Waals surface area contributed by atoms with Gasteiger partial charge in [0.25, 0.3) is 5.91 Å². The molecule has 0 atom stereocenters.